The fourth-order valence-corrected chi connectivity index (χ4v) is 3.49. The van der Waals surface area contributed by atoms with Gasteiger partial charge in [-0.25, -0.2) is 13.4 Å². The first-order valence-electron chi connectivity index (χ1n) is 6.27. The molecule has 0 saturated heterocycles. The average Bonchev–Trinajstić information content (AvgIpc) is 2.87. The van der Waals surface area contributed by atoms with Gasteiger partial charge in [-0.2, -0.15) is 4.37 Å². The Hall–Kier alpha value is -1.80. The first-order chi connectivity index (χ1) is 9.79. The van der Waals surface area contributed by atoms with Crippen LogP contribution in [0.2, 0.25) is 0 Å². The van der Waals surface area contributed by atoms with Crippen molar-refractivity contribution in [1.82, 2.24) is 9.36 Å². The van der Waals surface area contributed by atoms with Gasteiger partial charge in [-0.1, -0.05) is 26.0 Å². The maximum atomic E-state index is 12.2. The van der Waals surface area contributed by atoms with Gasteiger partial charge in [0.1, 0.15) is 5.82 Å². The summed E-state index contributed by atoms with van der Waals surface area (Å²) in [5.41, 5.74) is 0.465. The van der Waals surface area contributed by atoms with Crippen LogP contribution in [0.3, 0.4) is 0 Å². The maximum Gasteiger partial charge on any atom is 0.263 e. The molecule has 0 unspecified atom stereocenters. The minimum atomic E-state index is -3.72. The largest absolute Gasteiger partial charge is 0.295 e. The first-order valence-corrected chi connectivity index (χ1v) is 8.52. The predicted molar refractivity (Wildman–Crippen MR) is 81.3 cm³/mol. The van der Waals surface area contributed by atoms with Gasteiger partial charge in [0.05, 0.1) is 4.90 Å². The smallest absolute Gasteiger partial charge is 0.263 e. The summed E-state index contributed by atoms with van der Waals surface area (Å²) in [5.74, 6) is 0.622. The number of anilines is 1. The topological polar surface area (TPSA) is 89.0 Å². The summed E-state index contributed by atoms with van der Waals surface area (Å²) in [6, 6.07) is 5.75. The lowest BCUT2D eigenvalue weighted by molar-refractivity contribution is 0.101. The van der Waals surface area contributed by atoms with E-state index in [4.69, 9.17) is 0 Å². The Kier molecular flexibility index (Phi) is 4.38. The number of carbonyl (C=O) groups excluding carboxylic acids is 1. The lowest BCUT2D eigenvalue weighted by atomic mass is 10.2. The van der Waals surface area contributed by atoms with E-state index in [1.165, 1.54) is 31.2 Å². The van der Waals surface area contributed by atoms with Crippen molar-refractivity contribution in [1.29, 1.82) is 0 Å². The SMILES string of the molecule is CC(=O)c1ccc(S(=O)(=O)Nc2nc(C(C)C)ns2)cc1. The van der Waals surface area contributed by atoms with Gasteiger partial charge in [-0.3, -0.25) is 9.52 Å². The molecule has 1 aromatic carbocycles. The minimum Gasteiger partial charge on any atom is -0.295 e. The van der Waals surface area contributed by atoms with Crippen molar-refractivity contribution in [2.45, 2.75) is 31.6 Å². The Bertz CT molecular complexity index is 749. The van der Waals surface area contributed by atoms with Crippen LogP contribution in [0.5, 0.6) is 0 Å². The van der Waals surface area contributed by atoms with Crippen molar-refractivity contribution in [2.24, 2.45) is 0 Å². The molecular weight excluding hydrogens is 310 g/mol. The van der Waals surface area contributed by atoms with Crippen LogP contribution in [0.15, 0.2) is 29.2 Å². The standard InChI is InChI=1S/C13H15N3O3S2/c1-8(2)12-14-13(20-15-12)16-21(18,19)11-6-4-10(5-7-11)9(3)17/h4-8H,1-3H3,(H,14,15,16). The van der Waals surface area contributed by atoms with E-state index in [1.54, 1.807) is 0 Å². The highest BCUT2D eigenvalue weighted by molar-refractivity contribution is 7.93. The van der Waals surface area contributed by atoms with E-state index in [1.807, 2.05) is 13.8 Å². The van der Waals surface area contributed by atoms with Crippen LogP contribution in [-0.4, -0.2) is 23.6 Å². The number of Topliss-reactive ketones (excluding diaryl/α,β-unsaturated/α-hetero) is 1. The number of benzene rings is 1. The molecule has 0 amide bonds. The minimum absolute atomic E-state index is 0.0776. The van der Waals surface area contributed by atoms with E-state index in [2.05, 4.69) is 14.1 Å². The van der Waals surface area contributed by atoms with E-state index in [0.717, 1.165) is 11.5 Å². The van der Waals surface area contributed by atoms with Gasteiger partial charge in [0.2, 0.25) is 5.13 Å². The summed E-state index contributed by atoms with van der Waals surface area (Å²) in [6.45, 7) is 5.29. The normalized spacial score (nSPS) is 11.6. The van der Waals surface area contributed by atoms with Crippen LogP contribution in [0, 0.1) is 0 Å². The van der Waals surface area contributed by atoms with Crippen LogP contribution in [-0.2, 0) is 10.0 Å². The van der Waals surface area contributed by atoms with E-state index < -0.39 is 10.0 Å². The van der Waals surface area contributed by atoms with Gasteiger partial charge in [0.25, 0.3) is 10.0 Å². The third-order valence-electron chi connectivity index (χ3n) is 2.75. The molecule has 0 radical (unpaired) electrons. The number of carbonyl (C=O) groups is 1. The highest BCUT2D eigenvalue weighted by Gasteiger charge is 2.17. The Morgan fingerprint density at radius 1 is 1.24 bits per heavy atom. The van der Waals surface area contributed by atoms with E-state index in [-0.39, 0.29) is 21.7 Å². The number of hydrogen-bond donors (Lipinski definition) is 1. The van der Waals surface area contributed by atoms with Crippen molar-refractivity contribution in [3.8, 4) is 0 Å². The number of nitrogens with zero attached hydrogens (tertiary/aromatic N) is 2. The van der Waals surface area contributed by atoms with Crippen molar-refractivity contribution in [2.75, 3.05) is 4.72 Å². The first kappa shape index (κ1) is 15.6. The fourth-order valence-electron chi connectivity index (χ4n) is 1.55. The molecule has 2 aromatic rings. The van der Waals surface area contributed by atoms with Gasteiger partial charge in [-0.05, 0) is 19.1 Å². The quantitative estimate of drug-likeness (QED) is 0.854. The van der Waals surface area contributed by atoms with Crippen molar-refractivity contribution in [3.63, 3.8) is 0 Å². The Morgan fingerprint density at radius 3 is 2.33 bits per heavy atom. The summed E-state index contributed by atoms with van der Waals surface area (Å²) in [5, 5.41) is 0.231. The second-order valence-electron chi connectivity index (χ2n) is 4.80. The zero-order valence-corrected chi connectivity index (χ0v) is 13.5. The Balaban J connectivity index is 2.22. The predicted octanol–water partition coefficient (Wildman–Crippen LogP) is 2.66. The molecule has 21 heavy (non-hydrogen) atoms. The summed E-state index contributed by atoms with van der Waals surface area (Å²) < 4.78 is 30.9. The highest BCUT2D eigenvalue weighted by Crippen LogP contribution is 2.21. The van der Waals surface area contributed by atoms with Gasteiger partial charge in [-0.15, -0.1) is 0 Å². The van der Waals surface area contributed by atoms with E-state index in [9.17, 15) is 13.2 Å². The lowest BCUT2D eigenvalue weighted by Gasteiger charge is -2.05. The molecular formula is C13H15N3O3S2. The molecule has 8 heteroatoms. The number of rotatable bonds is 5. The van der Waals surface area contributed by atoms with Gasteiger partial charge in [0, 0.05) is 23.0 Å². The molecule has 6 nitrogen and oxygen atoms in total. The summed E-state index contributed by atoms with van der Waals surface area (Å²) in [4.78, 5) is 15.4. The average molecular weight is 325 g/mol. The molecule has 112 valence electrons. The van der Waals surface area contributed by atoms with Gasteiger partial charge >= 0.3 is 0 Å². The number of sulfonamides is 1. The van der Waals surface area contributed by atoms with Crippen molar-refractivity contribution >= 4 is 32.5 Å². The van der Waals surface area contributed by atoms with Crippen molar-refractivity contribution < 1.29 is 13.2 Å². The summed E-state index contributed by atoms with van der Waals surface area (Å²) >= 11 is 1.00. The Morgan fingerprint density at radius 2 is 1.86 bits per heavy atom. The van der Waals surface area contributed by atoms with Crippen LogP contribution in [0.1, 0.15) is 42.9 Å². The number of hydrogen-bond acceptors (Lipinski definition) is 6. The third kappa shape index (κ3) is 3.64. The number of aromatic nitrogens is 2. The van der Waals surface area contributed by atoms with Gasteiger partial charge < -0.3 is 0 Å². The molecule has 2 rings (SSSR count). The molecule has 1 aromatic heterocycles. The number of nitrogens with one attached hydrogen (secondary N) is 1. The zero-order chi connectivity index (χ0) is 15.6. The molecule has 0 bridgehead atoms. The highest BCUT2D eigenvalue weighted by atomic mass is 32.2. The molecule has 0 aliphatic heterocycles. The van der Waals surface area contributed by atoms with E-state index >= 15 is 0 Å². The molecule has 0 spiro atoms. The Labute approximate surface area is 127 Å². The maximum absolute atomic E-state index is 12.2. The van der Waals surface area contributed by atoms with Crippen LogP contribution >= 0.6 is 11.5 Å². The molecule has 0 fully saturated rings. The molecule has 0 aliphatic carbocycles. The fraction of sp³-hybridized carbons (Fsp3) is 0.308. The second kappa shape index (κ2) is 5.90. The summed E-state index contributed by atoms with van der Waals surface area (Å²) in [6.07, 6.45) is 0. The van der Waals surface area contributed by atoms with E-state index in [0.29, 0.717) is 11.4 Å². The molecule has 1 heterocycles. The molecule has 0 saturated carbocycles. The lowest BCUT2D eigenvalue weighted by Crippen LogP contribution is -2.13. The monoisotopic (exact) mass is 325 g/mol. The van der Waals surface area contributed by atoms with Crippen LogP contribution in [0.25, 0.3) is 0 Å². The third-order valence-corrected chi connectivity index (χ3v) is 4.88. The molecule has 1 N–H and O–H groups in total. The summed E-state index contributed by atoms with van der Waals surface area (Å²) in [7, 11) is -3.72. The molecule has 0 atom stereocenters. The van der Waals surface area contributed by atoms with Crippen molar-refractivity contribution in [3.05, 3.63) is 35.7 Å². The molecule has 0 aliphatic rings. The second-order valence-corrected chi connectivity index (χ2v) is 7.23. The zero-order valence-electron chi connectivity index (χ0n) is 11.8. The van der Waals surface area contributed by atoms with Crippen LogP contribution in [0.4, 0.5) is 5.13 Å². The van der Waals surface area contributed by atoms with Crippen LogP contribution < -0.4 is 4.72 Å². The number of ketones is 1. The van der Waals surface area contributed by atoms with Gasteiger partial charge in [0.15, 0.2) is 5.78 Å².